The van der Waals surface area contributed by atoms with E-state index < -0.39 is 14.1 Å². The largest absolute Gasteiger partial charge is 0.417 e. The monoisotopic (exact) mass is 431 g/mol. The van der Waals surface area contributed by atoms with Crippen molar-refractivity contribution in [3.8, 4) is 0 Å². The van der Waals surface area contributed by atoms with Gasteiger partial charge >= 0.3 is 0 Å². The second kappa shape index (κ2) is 7.73. The summed E-state index contributed by atoms with van der Waals surface area (Å²) in [5.41, 5.74) is 1.82. The van der Waals surface area contributed by atoms with Gasteiger partial charge in [-0.2, -0.15) is 0 Å². The van der Waals surface area contributed by atoms with E-state index >= 15 is 0 Å². The Kier molecular flexibility index (Phi) is 5.67. The minimum atomic E-state index is -1.77. The third-order valence-corrected chi connectivity index (χ3v) is 12.4. The first-order valence-corrected chi connectivity index (χ1v) is 14.3. The van der Waals surface area contributed by atoms with Crippen molar-refractivity contribution in [1.82, 2.24) is 4.90 Å². The summed E-state index contributed by atoms with van der Waals surface area (Å²) >= 11 is 0. The van der Waals surface area contributed by atoms with E-state index in [9.17, 15) is 4.79 Å². The van der Waals surface area contributed by atoms with Gasteiger partial charge in [-0.1, -0.05) is 39.0 Å². The number of ether oxygens (including phenoxy) is 2. The van der Waals surface area contributed by atoms with Crippen LogP contribution in [0.25, 0.3) is 0 Å². The molecule has 0 bridgehead atoms. The predicted molar refractivity (Wildman–Crippen MR) is 120 cm³/mol. The molecule has 1 aliphatic carbocycles. The van der Waals surface area contributed by atoms with E-state index in [0.29, 0.717) is 19.8 Å². The molecule has 5 nitrogen and oxygen atoms in total. The molecule has 3 aliphatic rings. The van der Waals surface area contributed by atoms with E-state index in [2.05, 4.69) is 50.9 Å². The number of carbonyl (C=O) groups is 1. The van der Waals surface area contributed by atoms with E-state index in [1.807, 2.05) is 12.1 Å². The Morgan fingerprint density at radius 1 is 1.07 bits per heavy atom. The molecule has 1 aromatic rings. The molecule has 1 saturated carbocycles. The average molecular weight is 432 g/mol. The van der Waals surface area contributed by atoms with Gasteiger partial charge in [0.1, 0.15) is 0 Å². The molecule has 6 heteroatoms. The average Bonchev–Trinajstić information content (AvgIpc) is 3.24. The van der Waals surface area contributed by atoms with Crippen LogP contribution in [0.2, 0.25) is 18.1 Å². The van der Waals surface area contributed by atoms with Crippen LogP contribution in [0.1, 0.15) is 68.8 Å². The fraction of sp³-hybridized carbons (Fsp3) is 0.708. The van der Waals surface area contributed by atoms with E-state index in [0.717, 1.165) is 44.2 Å². The number of rotatable bonds is 5. The van der Waals surface area contributed by atoms with E-state index in [-0.39, 0.29) is 16.5 Å². The molecule has 2 fully saturated rings. The lowest BCUT2D eigenvalue weighted by Gasteiger charge is -2.47. The SMILES string of the molecule is CC(C)(C)[Si](C)(C)OCCCN1C(=O)c2ccccc2C12CCC1(CC2)OCCO1. The van der Waals surface area contributed by atoms with Gasteiger partial charge in [0.25, 0.3) is 5.91 Å². The molecule has 0 N–H and O–H groups in total. The van der Waals surface area contributed by atoms with Crippen LogP contribution in [0.4, 0.5) is 0 Å². The standard InChI is InChI=1S/C24H37NO4Si/c1-22(2,3)30(4,5)29-16-8-15-25-21(26)19-9-6-7-10-20(19)23(25)11-13-24(14-12-23)27-17-18-28-24/h6-7,9-10H,8,11-18H2,1-5H3. The van der Waals surface area contributed by atoms with Crippen LogP contribution in [0.15, 0.2) is 24.3 Å². The van der Waals surface area contributed by atoms with Crippen molar-refractivity contribution in [2.45, 2.75) is 82.3 Å². The molecule has 0 aromatic heterocycles. The Hall–Kier alpha value is -1.21. The predicted octanol–water partition coefficient (Wildman–Crippen LogP) is 5.07. The fourth-order valence-electron chi connectivity index (χ4n) is 5.01. The molecule has 0 radical (unpaired) electrons. The lowest BCUT2D eigenvalue weighted by atomic mass is 9.74. The summed E-state index contributed by atoms with van der Waals surface area (Å²) < 4.78 is 18.3. The lowest BCUT2D eigenvalue weighted by molar-refractivity contribution is -0.192. The van der Waals surface area contributed by atoms with Crippen LogP contribution < -0.4 is 0 Å². The van der Waals surface area contributed by atoms with E-state index in [1.165, 1.54) is 5.56 Å². The molecule has 2 spiro atoms. The van der Waals surface area contributed by atoms with Crippen LogP contribution in [0.3, 0.4) is 0 Å². The maximum absolute atomic E-state index is 13.4. The first-order chi connectivity index (χ1) is 14.1. The van der Waals surface area contributed by atoms with Crippen molar-refractivity contribution in [3.05, 3.63) is 35.4 Å². The van der Waals surface area contributed by atoms with E-state index in [4.69, 9.17) is 13.9 Å². The molecule has 2 heterocycles. The number of hydrogen-bond donors (Lipinski definition) is 0. The summed E-state index contributed by atoms with van der Waals surface area (Å²) in [4.78, 5) is 15.5. The highest BCUT2D eigenvalue weighted by molar-refractivity contribution is 6.74. The number of carbonyl (C=O) groups excluding carboxylic acids is 1. The van der Waals surface area contributed by atoms with Gasteiger partial charge in [0.15, 0.2) is 14.1 Å². The second-order valence-corrected chi connectivity index (χ2v) is 15.4. The maximum Gasteiger partial charge on any atom is 0.254 e. The smallest absolute Gasteiger partial charge is 0.254 e. The number of hydrogen-bond acceptors (Lipinski definition) is 4. The van der Waals surface area contributed by atoms with Crippen molar-refractivity contribution in [3.63, 3.8) is 0 Å². The molecule has 0 atom stereocenters. The summed E-state index contributed by atoms with van der Waals surface area (Å²) in [5, 5.41) is 0.201. The Bertz CT molecular complexity index is 785. The van der Waals surface area contributed by atoms with Crippen LogP contribution in [-0.4, -0.2) is 51.3 Å². The molecule has 2 aliphatic heterocycles. The third kappa shape index (κ3) is 3.66. The number of amides is 1. The first kappa shape index (κ1) is 22.0. The van der Waals surface area contributed by atoms with Gasteiger partial charge in [-0.3, -0.25) is 4.79 Å². The molecular formula is C24H37NO4Si. The molecule has 1 aromatic carbocycles. The molecule has 166 valence electrons. The summed E-state index contributed by atoms with van der Waals surface area (Å²) in [5.74, 6) is -0.259. The van der Waals surface area contributed by atoms with Gasteiger partial charge < -0.3 is 18.8 Å². The third-order valence-electron chi connectivity index (χ3n) is 7.87. The van der Waals surface area contributed by atoms with Crippen molar-refractivity contribution in [1.29, 1.82) is 0 Å². The Morgan fingerprint density at radius 2 is 1.70 bits per heavy atom. The minimum absolute atomic E-state index is 0.169. The summed E-state index contributed by atoms with van der Waals surface area (Å²) in [6, 6.07) is 8.17. The van der Waals surface area contributed by atoms with Crippen LogP contribution >= 0.6 is 0 Å². The number of fused-ring (bicyclic) bond motifs is 2. The molecule has 0 unspecified atom stereocenters. The van der Waals surface area contributed by atoms with Crippen molar-refractivity contribution in [2.75, 3.05) is 26.4 Å². The second-order valence-electron chi connectivity index (χ2n) is 10.6. The van der Waals surface area contributed by atoms with E-state index in [1.54, 1.807) is 0 Å². The summed E-state index contributed by atoms with van der Waals surface area (Å²) in [6.07, 6.45) is 4.32. The fourth-order valence-corrected chi connectivity index (χ4v) is 6.10. The quantitative estimate of drug-likeness (QED) is 0.483. The van der Waals surface area contributed by atoms with Gasteiger partial charge in [0.05, 0.1) is 18.8 Å². The van der Waals surface area contributed by atoms with Crippen LogP contribution in [0, 0.1) is 0 Å². The van der Waals surface area contributed by atoms with Crippen molar-refractivity contribution in [2.24, 2.45) is 0 Å². The topological polar surface area (TPSA) is 48.0 Å². The highest BCUT2D eigenvalue weighted by Gasteiger charge is 2.55. The molecule has 30 heavy (non-hydrogen) atoms. The Morgan fingerprint density at radius 3 is 2.33 bits per heavy atom. The molecule has 1 saturated heterocycles. The van der Waals surface area contributed by atoms with Gasteiger partial charge in [-0.15, -0.1) is 0 Å². The maximum atomic E-state index is 13.4. The minimum Gasteiger partial charge on any atom is -0.417 e. The number of benzene rings is 1. The lowest BCUT2D eigenvalue weighted by Crippen LogP contribution is -2.51. The Labute approximate surface area is 182 Å². The molecule has 4 rings (SSSR count). The van der Waals surface area contributed by atoms with Crippen LogP contribution in [-0.2, 0) is 19.4 Å². The zero-order chi connectivity index (χ0) is 21.6. The van der Waals surface area contributed by atoms with Crippen molar-refractivity contribution >= 4 is 14.2 Å². The van der Waals surface area contributed by atoms with Crippen molar-refractivity contribution < 1.29 is 18.7 Å². The molecule has 1 amide bonds. The number of nitrogens with zero attached hydrogens (tertiary/aromatic N) is 1. The highest BCUT2D eigenvalue weighted by atomic mass is 28.4. The van der Waals surface area contributed by atoms with Gasteiger partial charge in [-0.05, 0) is 49.0 Å². The normalized spacial score (nSPS) is 22.8. The summed E-state index contributed by atoms with van der Waals surface area (Å²) in [6.45, 7) is 14.2. The molecular weight excluding hydrogens is 394 g/mol. The van der Waals surface area contributed by atoms with Crippen LogP contribution in [0.5, 0.6) is 0 Å². The first-order valence-electron chi connectivity index (χ1n) is 11.4. The Balaban J connectivity index is 1.48. The zero-order valence-electron chi connectivity index (χ0n) is 19.3. The van der Waals surface area contributed by atoms with Gasteiger partial charge in [0, 0.05) is 31.6 Å². The zero-order valence-corrected chi connectivity index (χ0v) is 20.3. The van der Waals surface area contributed by atoms with Gasteiger partial charge in [0.2, 0.25) is 0 Å². The van der Waals surface area contributed by atoms with Gasteiger partial charge in [-0.25, -0.2) is 0 Å². The highest BCUT2D eigenvalue weighted by Crippen LogP contribution is 2.52. The summed E-state index contributed by atoms with van der Waals surface area (Å²) in [7, 11) is -1.77.